The Labute approximate surface area is 101 Å². The minimum absolute atomic E-state index is 0.226. The molecule has 1 aliphatic heterocycles. The topological polar surface area (TPSA) is 24.5 Å². The molecule has 0 radical (unpaired) electrons. The van der Waals surface area contributed by atoms with Crippen LogP contribution in [0.15, 0.2) is 0 Å². The molecule has 1 heterocycles. The van der Waals surface area contributed by atoms with E-state index in [9.17, 15) is 0 Å². The van der Waals surface area contributed by atoms with Crippen molar-refractivity contribution in [1.29, 1.82) is 0 Å². The molecule has 0 aromatic heterocycles. The van der Waals surface area contributed by atoms with Gasteiger partial charge in [-0.25, -0.2) is 0 Å². The van der Waals surface area contributed by atoms with Crippen molar-refractivity contribution in [3.8, 4) is 0 Å². The lowest BCUT2D eigenvalue weighted by molar-refractivity contribution is -0.0396. The van der Waals surface area contributed by atoms with Gasteiger partial charge >= 0.3 is 0 Å². The van der Waals surface area contributed by atoms with Crippen LogP contribution in [0.4, 0.5) is 0 Å². The average molecular weight is 228 g/mol. The zero-order chi connectivity index (χ0) is 12.2. The first-order valence-electron chi connectivity index (χ1n) is 6.55. The van der Waals surface area contributed by atoms with Gasteiger partial charge in [0.25, 0.3) is 0 Å². The summed E-state index contributed by atoms with van der Waals surface area (Å²) in [6, 6.07) is 0.630. The Morgan fingerprint density at radius 2 is 2.12 bits per heavy atom. The monoisotopic (exact) mass is 228 g/mol. The Hall–Kier alpha value is -0.120. The SMILES string of the molecule is CCC(C)(C)NCC1CN(C(C)C)CCO1. The molecular weight excluding hydrogens is 200 g/mol. The predicted molar refractivity (Wildman–Crippen MR) is 68.8 cm³/mol. The molecule has 0 aromatic rings. The first-order valence-corrected chi connectivity index (χ1v) is 6.55. The van der Waals surface area contributed by atoms with Crippen LogP contribution in [-0.4, -0.2) is 48.8 Å². The summed E-state index contributed by atoms with van der Waals surface area (Å²) in [5.41, 5.74) is 0.226. The van der Waals surface area contributed by atoms with Crippen molar-refractivity contribution < 1.29 is 4.74 Å². The summed E-state index contributed by atoms with van der Waals surface area (Å²) in [6.45, 7) is 15.2. The largest absolute Gasteiger partial charge is 0.374 e. The highest BCUT2D eigenvalue weighted by Gasteiger charge is 2.24. The molecule has 1 rings (SSSR count). The molecule has 0 bridgehead atoms. The molecule has 1 saturated heterocycles. The molecule has 0 amide bonds. The molecule has 96 valence electrons. The second kappa shape index (κ2) is 5.99. The molecule has 0 saturated carbocycles. The number of nitrogens with zero attached hydrogens (tertiary/aromatic N) is 1. The van der Waals surface area contributed by atoms with Crippen LogP contribution in [0.2, 0.25) is 0 Å². The van der Waals surface area contributed by atoms with Gasteiger partial charge in [0, 0.05) is 31.2 Å². The third kappa shape index (κ3) is 4.40. The van der Waals surface area contributed by atoms with E-state index in [0.717, 1.165) is 32.7 Å². The minimum atomic E-state index is 0.226. The number of hydrogen-bond donors (Lipinski definition) is 1. The quantitative estimate of drug-likeness (QED) is 0.777. The summed E-state index contributed by atoms with van der Waals surface area (Å²) in [6.07, 6.45) is 1.50. The Morgan fingerprint density at radius 3 is 2.69 bits per heavy atom. The summed E-state index contributed by atoms with van der Waals surface area (Å²) >= 11 is 0. The van der Waals surface area contributed by atoms with Crippen LogP contribution in [0, 0.1) is 0 Å². The zero-order valence-electron chi connectivity index (χ0n) is 11.5. The normalized spacial score (nSPS) is 24.0. The Morgan fingerprint density at radius 1 is 1.44 bits per heavy atom. The third-order valence-corrected chi connectivity index (χ3v) is 3.59. The molecule has 16 heavy (non-hydrogen) atoms. The third-order valence-electron chi connectivity index (χ3n) is 3.59. The smallest absolute Gasteiger partial charge is 0.0827 e. The van der Waals surface area contributed by atoms with Gasteiger partial charge in [0.15, 0.2) is 0 Å². The number of nitrogens with one attached hydrogen (secondary N) is 1. The molecule has 1 atom stereocenters. The van der Waals surface area contributed by atoms with Crippen LogP contribution in [0.25, 0.3) is 0 Å². The first-order chi connectivity index (χ1) is 7.44. The van der Waals surface area contributed by atoms with Gasteiger partial charge in [-0.3, -0.25) is 4.90 Å². The van der Waals surface area contributed by atoms with Crippen LogP contribution in [-0.2, 0) is 4.74 Å². The number of rotatable bonds is 5. The molecule has 1 fully saturated rings. The maximum atomic E-state index is 5.79. The lowest BCUT2D eigenvalue weighted by Gasteiger charge is -2.37. The lowest BCUT2D eigenvalue weighted by Crippen LogP contribution is -2.52. The van der Waals surface area contributed by atoms with E-state index in [2.05, 4.69) is 44.8 Å². The maximum Gasteiger partial charge on any atom is 0.0827 e. The highest BCUT2D eigenvalue weighted by atomic mass is 16.5. The fourth-order valence-electron chi connectivity index (χ4n) is 1.85. The maximum absolute atomic E-state index is 5.79. The standard InChI is InChI=1S/C13H28N2O/c1-6-13(4,5)14-9-12-10-15(11(2)3)7-8-16-12/h11-12,14H,6-10H2,1-5H3. The molecular formula is C13H28N2O. The number of ether oxygens (including phenoxy) is 1. The van der Waals surface area contributed by atoms with Gasteiger partial charge in [0.2, 0.25) is 0 Å². The zero-order valence-corrected chi connectivity index (χ0v) is 11.5. The highest BCUT2D eigenvalue weighted by molar-refractivity contribution is 4.81. The van der Waals surface area contributed by atoms with Gasteiger partial charge in [-0.15, -0.1) is 0 Å². The predicted octanol–water partition coefficient (Wildman–Crippen LogP) is 1.87. The van der Waals surface area contributed by atoms with Gasteiger partial charge in [0.1, 0.15) is 0 Å². The van der Waals surface area contributed by atoms with Gasteiger partial charge in [-0.2, -0.15) is 0 Å². The fourth-order valence-corrected chi connectivity index (χ4v) is 1.85. The van der Waals surface area contributed by atoms with E-state index in [1.165, 1.54) is 0 Å². The Bertz CT molecular complexity index is 204. The number of morpholine rings is 1. The van der Waals surface area contributed by atoms with Gasteiger partial charge in [-0.1, -0.05) is 6.92 Å². The van der Waals surface area contributed by atoms with Crippen LogP contribution in [0.1, 0.15) is 41.0 Å². The van der Waals surface area contributed by atoms with Gasteiger partial charge in [0.05, 0.1) is 12.7 Å². The van der Waals surface area contributed by atoms with E-state index >= 15 is 0 Å². The van der Waals surface area contributed by atoms with Crippen molar-refractivity contribution in [2.45, 2.75) is 58.7 Å². The summed E-state index contributed by atoms with van der Waals surface area (Å²) in [5, 5.41) is 3.59. The summed E-state index contributed by atoms with van der Waals surface area (Å²) in [4.78, 5) is 2.49. The van der Waals surface area contributed by atoms with E-state index in [1.807, 2.05) is 0 Å². The van der Waals surface area contributed by atoms with Crippen LogP contribution >= 0.6 is 0 Å². The first kappa shape index (κ1) is 13.9. The molecule has 1 N–H and O–H groups in total. The molecule has 3 heteroatoms. The van der Waals surface area contributed by atoms with E-state index in [1.54, 1.807) is 0 Å². The van der Waals surface area contributed by atoms with E-state index in [4.69, 9.17) is 4.74 Å². The fraction of sp³-hybridized carbons (Fsp3) is 1.00. The Balaban J connectivity index is 2.32. The second-order valence-corrected chi connectivity index (χ2v) is 5.70. The van der Waals surface area contributed by atoms with E-state index in [0.29, 0.717) is 12.1 Å². The molecule has 1 aliphatic rings. The Kier molecular flexibility index (Phi) is 5.22. The van der Waals surface area contributed by atoms with Crippen molar-refractivity contribution in [2.24, 2.45) is 0 Å². The lowest BCUT2D eigenvalue weighted by atomic mass is 10.0. The van der Waals surface area contributed by atoms with Crippen LogP contribution in [0.3, 0.4) is 0 Å². The van der Waals surface area contributed by atoms with E-state index < -0.39 is 0 Å². The molecule has 0 aromatic carbocycles. The second-order valence-electron chi connectivity index (χ2n) is 5.70. The molecule has 0 aliphatic carbocycles. The van der Waals surface area contributed by atoms with Gasteiger partial charge < -0.3 is 10.1 Å². The van der Waals surface area contributed by atoms with Crippen LogP contribution in [0.5, 0.6) is 0 Å². The van der Waals surface area contributed by atoms with Crippen molar-refractivity contribution in [2.75, 3.05) is 26.2 Å². The summed E-state index contributed by atoms with van der Waals surface area (Å²) in [5.74, 6) is 0. The summed E-state index contributed by atoms with van der Waals surface area (Å²) < 4.78 is 5.79. The molecule has 1 unspecified atom stereocenters. The summed E-state index contributed by atoms with van der Waals surface area (Å²) in [7, 11) is 0. The number of hydrogen-bond acceptors (Lipinski definition) is 3. The molecule has 3 nitrogen and oxygen atoms in total. The highest BCUT2D eigenvalue weighted by Crippen LogP contribution is 2.11. The van der Waals surface area contributed by atoms with E-state index in [-0.39, 0.29) is 5.54 Å². The average Bonchev–Trinajstić information content (AvgIpc) is 2.27. The van der Waals surface area contributed by atoms with Crippen LogP contribution < -0.4 is 5.32 Å². The van der Waals surface area contributed by atoms with Crippen molar-refractivity contribution in [3.05, 3.63) is 0 Å². The van der Waals surface area contributed by atoms with Crippen molar-refractivity contribution in [1.82, 2.24) is 10.2 Å². The molecule has 0 spiro atoms. The van der Waals surface area contributed by atoms with Gasteiger partial charge in [-0.05, 0) is 34.1 Å². The van der Waals surface area contributed by atoms with Crippen molar-refractivity contribution >= 4 is 0 Å². The minimum Gasteiger partial charge on any atom is -0.374 e. The van der Waals surface area contributed by atoms with Crippen molar-refractivity contribution in [3.63, 3.8) is 0 Å².